The van der Waals surface area contributed by atoms with Gasteiger partial charge in [-0.3, -0.25) is 4.79 Å². The summed E-state index contributed by atoms with van der Waals surface area (Å²) in [5.74, 6) is -0.277. The molecule has 0 N–H and O–H groups in total. The highest BCUT2D eigenvalue weighted by molar-refractivity contribution is 6.06. The van der Waals surface area contributed by atoms with Gasteiger partial charge in [0, 0.05) is 10.9 Å². The van der Waals surface area contributed by atoms with Crippen LogP contribution in [0.2, 0.25) is 0 Å². The third-order valence-electron chi connectivity index (χ3n) is 4.70. The predicted molar refractivity (Wildman–Crippen MR) is 110 cm³/mol. The van der Waals surface area contributed by atoms with Crippen molar-refractivity contribution in [3.05, 3.63) is 89.7 Å². The smallest absolute Gasteiger partial charge is 0.339 e. The van der Waals surface area contributed by atoms with E-state index in [2.05, 4.69) is 4.98 Å². The van der Waals surface area contributed by atoms with Crippen molar-refractivity contribution < 1.29 is 18.7 Å². The maximum atomic E-state index is 12.9. The standard InChI is InChI=1S/C24H19NO4/c1-15-9-11-17(12-10-15)23(26)16(2)29-24(27)19-14-21(22-8-5-13-28-22)25-20-7-4-3-6-18(19)20/h3-14,16H,1-2H3. The zero-order valence-electron chi connectivity index (χ0n) is 16.1. The Hall–Kier alpha value is -3.73. The molecule has 0 amide bonds. The SMILES string of the molecule is Cc1ccc(C(=O)C(C)OC(=O)c2cc(-c3ccco3)nc3ccccc23)cc1. The van der Waals surface area contributed by atoms with E-state index in [1.807, 2.05) is 37.3 Å². The number of benzene rings is 2. The molecule has 0 aliphatic rings. The average Bonchev–Trinajstić information content (AvgIpc) is 3.28. The zero-order valence-corrected chi connectivity index (χ0v) is 16.1. The Morgan fingerprint density at radius 3 is 2.48 bits per heavy atom. The van der Waals surface area contributed by atoms with E-state index in [1.54, 1.807) is 49.6 Å². The number of hydrogen-bond donors (Lipinski definition) is 0. The van der Waals surface area contributed by atoms with E-state index in [0.717, 1.165) is 5.56 Å². The van der Waals surface area contributed by atoms with E-state index in [4.69, 9.17) is 9.15 Å². The summed E-state index contributed by atoms with van der Waals surface area (Å²) in [5, 5.41) is 0.655. The number of fused-ring (bicyclic) bond motifs is 1. The maximum absolute atomic E-state index is 12.9. The third-order valence-corrected chi connectivity index (χ3v) is 4.70. The van der Waals surface area contributed by atoms with Gasteiger partial charge in [-0.15, -0.1) is 0 Å². The highest BCUT2D eigenvalue weighted by Crippen LogP contribution is 2.26. The lowest BCUT2D eigenvalue weighted by molar-refractivity contribution is 0.0320. The number of Topliss-reactive ketones (excluding diaryl/α,β-unsaturated/α-hetero) is 1. The van der Waals surface area contributed by atoms with Crippen molar-refractivity contribution in [2.75, 3.05) is 0 Å². The van der Waals surface area contributed by atoms with Crippen LogP contribution in [0.4, 0.5) is 0 Å². The molecule has 0 aliphatic carbocycles. The number of aromatic nitrogens is 1. The maximum Gasteiger partial charge on any atom is 0.339 e. The molecule has 144 valence electrons. The van der Waals surface area contributed by atoms with Gasteiger partial charge in [-0.1, -0.05) is 48.0 Å². The average molecular weight is 385 g/mol. The van der Waals surface area contributed by atoms with Crippen molar-refractivity contribution in [2.24, 2.45) is 0 Å². The predicted octanol–water partition coefficient (Wildman–Crippen LogP) is 5.23. The van der Waals surface area contributed by atoms with Crippen LogP contribution in [0.5, 0.6) is 0 Å². The number of pyridine rings is 1. The fourth-order valence-electron chi connectivity index (χ4n) is 3.12. The Labute approximate surface area is 168 Å². The van der Waals surface area contributed by atoms with Gasteiger partial charge in [0.25, 0.3) is 0 Å². The number of carbonyl (C=O) groups is 2. The lowest BCUT2D eigenvalue weighted by atomic mass is 10.0. The van der Waals surface area contributed by atoms with Crippen molar-refractivity contribution in [2.45, 2.75) is 20.0 Å². The van der Waals surface area contributed by atoms with Crippen LogP contribution >= 0.6 is 0 Å². The van der Waals surface area contributed by atoms with Gasteiger partial charge in [0.05, 0.1) is 17.3 Å². The van der Waals surface area contributed by atoms with Crippen LogP contribution in [0.3, 0.4) is 0 Å². The van der Waals surface area contributed by atoms with Gasteiger partial charge in [0.15, 0.2) is 11.9 Å². The minimum Gasteiger partial charge on any atom is -0.463 e. The monoisotopic (exact) mass is 385 g/mol. The molecule has 0 fully saturated rings. The first-order chi connectivity index (χ1) is 14.0. The molecule has 2 aromatic heterocycles. The summed E-state index contributed by atoms with van der Waals surface area (Å²) in [6, 6.07) is 19.6. The minimum atomic E-state index is -0.913. The number of nitrogens with zero attached hydrogens (tertiary/aromatic N) is 1. The van der Waals surface area contributed by atoms with E-state index in [9.17, 15) is 9.59 Å². The second kappa shape index (κ2) is 7.72. The Morgan fingerprint density at radius 1 is 1.00 bits per heavy atom. The highest BCUT2D eigenvalue weighted by atomic mass is 16.5. The second-order valence-electron chi connectivity index (χ2n) is 6.83. The minimum absolute atomic E-state index is 0.247. The molecule has 0 saturated heterocycles. The molecule has 5 nitrogen and oxygen atoms in total. The molecule has 0 saturated carbocycles. The van der Waals surface area contributed by atoms with Crippen molar-refractivity contribution in [3.8, 4) is 11.5 Å². The third kappa shape index (κ3) is 3.80. The molecule has 5 heteroatoms. The van der Waals surface area contributed by atoms with Crippen LogP contribution in [0.25, 0.3) is 22.4 Å². The fraction of sp³-hybridized carbons (Fsp3) is 0.125. The molecule has 2 aromatic carbocycles. The number of hydrogen-bond acceptors (Lipinski definition) is 5. The second-order valence-corrected chi connectivity index (χ2v) is 6.83. The van der Waals surface area contributed by atoms with E-state index >= 15 is 0 Å². The van der Waals surface area contributed by atoms with Crippen molar-refractivity contribution in [1.29, 1.82) is 0 Å². The molecular weight excluding hydrogens is 366 g/mol. The molecule has 1 atom stereocenters. The first kappa shape index (κ1) is 18.6. The van der Waals surface area contributed by atoms with Crippen molar-refractivity contribution in [3.63, 3.8) is 0 Å². The van der Waals surface area contributed by atoms with E-state index in [1.165, 1.54) is 0 Å². The zero-order chi connectivity index (χ0) is 20.4. The molecular formula is C24H19NO4. The summed E-state index contributed by atoms with van der Waals surface area (Å²) < 4.78 is 10.9. The summed E-state index contributed by atoms with van der Waals surface area (Å²) in [7, 11) is 0. The van der Waals surface area contributed by atoms with E-state index < -0.39 is 12.1 Å². The van der Waals surface area contributed by atoms with Gasteiger partial charge in [-0.05, 0) is 38.1 Å². The van der Waals surface area contributed by atoms with Crippen LogP contribution in [-0.2, 0) is 4.74 Å². The molecule has 0 aliphatic heterocycles. The number of esters is 1. The lowest BCUT2D eigenvalue weighted by Gasteiger charge is -2.14. The van der Waals surface area contributed by atoms with Crippen LogP contribution in [0.1, 0.15) is 33.2 Å². The first-order valence-electron chi connectivity index (χ1n) is 9.28. The summed E-state index contributed by atoms with van der Waals surface area (Å²) in [6.07, 6.45) is 0.635. The molecule has 4 aromatic rings. The number of furan rings is 1. The summed E-state index contributed by atoms with van der Waals surface area (Å²) >= 11 is 0. The largest absolute Gasteiger partial charge is 0.463 e. The lowest BCUT2D eigenvalue weighted by Crippen LogP contribution is -2.24. The van der Waals surface area contributed by atoms with Gasteiger partial charge in [-0.25, -0.2) is 9.78 Å². The Morgan fingerprint density at radius 2 is 1.76 bits per heavy atom. The Kier molecular flexibility index (Phi) is 4.96. The highest BCUT2D eigenvalue weighted by Gasteiger charge is 2.23. The molecule has 0 radical (unpaired) electrons. The topological polar surface area (TPSA) is 69.4 Å². The van der Waals surface area contributed by atoms with Gasteiger partial charge in [-0.2, -0.15) is 0 Å². The van der Waals surface area contributed by atoms with Crippen LogP contribution < -0.4 is 0 Å². The molecule has 0 bridgehead atoms. The first-order valence-corrected chi connectivity index (χ1v) is 9.28. The number of para-hydroxylation sites is 1. The molecule has 0 spiro atoms. The quantitative estimate of drug-likeness (QED) is 0.347. The van der Waals surface area contributed by atoms with Crippen LogP contribution in [-0.4, -0.2) is 22.8 Å². The normalized spacial score (nSPS) is 11.9. The summed E-state index contributed by atoms with van der Waals surface area (Å²) in [5.41, 5.74) is 3.07. The van der Waals surface area contributed by atoms with Crippen molar-refractivity contribution in [1.82, 2.24) is 4.98 Å². The molecule has 29 heavy (non-hydrogen) atoms. The van der Waals surface area contributed by atoms with Crippen LogP contribution in [0, 0.1) is 6.92 Å². The van der Waals surface area contributed by atoms with E-state index in [0.29, 0.717) is 33.5 Å². The number of ether oxygens (including phenoxy) is 1. The Balaban J connectivity index is 1.65. The van der Waals surface area contributed by atoms with E-state index in [-0.39, 0.29) is 5.78 Å². The number of rotatable bonds is 5. The van der Waals surface area contributed by atoms with Gasteiger partial charge in [0.2, 0.25) is 5.78 Å². The van der Waals surface area contributed by atoms with Crippen LogP contribution in [0.15, 0.2) is 77.4 Å². The number of carbonyl (C=O) groups excluding carboxylic acids is 2. The van der Waals surface area contributed by atoms with Gasteiger partial charge in [0.1, 0.15) is 5.69 Å². The molecule has 1 unspecified atom stereocenters. The summed E-state index contributed by atoms with van der Waals surface area (Å²) in [6.45, 7) is 3.53. The molecule has 2 heterocycles. The number of aryl methyl sites for hydroxylation is 1. The summed E-state index contributed by atoms with van der Waals surface area (Å²) in [4.78, 5) is 30.1. The fourth-order valence-corrected chi connectivity index (χ4v) is 3.12. The van der Waals surface area contributed by atoms with Gasteiger partial charge >= 0.3 is 5.97 Å². The molecule has 4 rings (SSSR count). The number of ketones is 1. The van der Waals surface area contributed by atoms with Crippen molar-refractivity contribution >= 4 is 22.7 Å². The van der Waals surface area contributed by atoms with Gasteiger partial charge < -0.3 is 9.15 Å². The Bertz CT molecular complexity index is 1180.